The summed E-state index contributed by atoms with van der Waals surface area (Å²) in [6.45, 7) is 7.04. The van der Waals surface area contributed by atoms with Gasteiger partial charge in [0.15, 0.2) is 0 Å². The topological polar surface area (TPSA) is 49.4 Å². The minimum absolute atomic E-state index is 0.0335. The minimum atomic E-state index is -0.482. The van der Waals surface area contributed by atoms with Crippen molar-refractivity contribution in [2.45, 2.75) is 52.0 Å². The summed E-state index contributed by atoms with van der Waals surface area (Å²) in [6, 6.07) is 15.2. The molecule has 0 aliphatic rings. The molecule has 6 heteroatoms. The highest BCUT2D eigenvalue weighted by Gasteiger charge is 2.28. The summed E-state index contributed by atoms with van der Waals surface area (Å²) in [5.41, 5.74) is 3.18. The van der Waals surface area contributed by atoms with Crippen molar-refractivity contribution >= 4 is 35.2 Å². The molecule has 0 aromatic heterocycles. The van der Waals surface area contributed by atoms with Gasteiger partial charge in [0, 0.05) is 23.9 Å². The smallest absolute Gasteiger partial charge is 0.242 e. The number of nitrogens with zero attached hydrogens (tertiary/aromatic N) is 1. The van der Waals surface area contributed by atoms with Gasteiger partial charge in [-0.1, -0.05) is 67.9 Å². The number of benzene rings is 2. The average molecular weight is 447 g/mol. The van der Waals surface area contributed by atoms with E-state index in [4.69, 9.17) is 11.6 Å². The average Bonchev–Trinajstić information content (AvgIpc) is 2.74. The Balaban J connectivity index is 2.14. The van der Waals surface area contributed by atoms with Crippen LogP contribution in [0.4, 0.5) is 0 Å². The van der Waals surface area contributed by atoms with Crippen LogP contribution in [0, 0.1) is 6.92 Å². The molecule has 0 heterocycles. The first kappa shape index (κ1) is 24.3. The number of hydrogen-bond donors (Lipinski definition) is 1. The monoisotopic (exact) mass is 446 g/mol. The van der Waals surface area contributed by atoms with Crippen LogP contribution in [0.5, 0.6) is 0 Å². The molecule has 2 aromatic rings. The van der Waals surface area contributed by atoms with Crippen molar-refractivity contribution in [3.8, 4) is 0 Å². The van der Waals surface area contributed by atoms with Gasteiger partial charge in [-0.15, -0.1) is 11.8 Å². The number of hydrogen-bond acceptors (Lipinski definition) is 3. The standard InChI is InChI=1S/C24H31ClN2O2S/c1-4-14-26-24(29)22(5-2)27(15-19-11-7-6-10-18(19)3)23(28)17-30-16-20-12-8-9-13-21(20)25/h6-13,22H,4-5,14-17H2,1-3H3,(H,26,29)/t22-/m1/s1. The fourth-order valence-electron chi connectivity index (χ4n) is 3.20. The second kappa shape index (κ2) is 12.7. The van der Waals surface area contributed by atoms with Crippen LogP contribution in [0.1, 0.15) is 43.4 Å². The van der Waals surface area contributed by atoms with Crippen LogP contribution < -0.4 is 5.32 Å². The fourth-order valence-corrected chi connectivity index (χ4v) is 4.40. The molecule has 2 amide bonds. The predicted molar refractivity (Wildman–Crippen MR) is 127 cm³/mol. The first-order chi connectivity index (χ1) is 14.5. The number of carbonyl (C=O) groups is 2. The van der Waals surface area contributed by atoms with E-state index in [1.807, 2.05) is 69.3 Å². The third-order valence-electron chi connectivity index (χ3n) is 4.98. The Labute approximate surface area is 189 Å². The Morgan fingerprint density at radius 3 is 2.37 bits per heavy atom. The van der Waals surface area contributed by atoms with Crippen molar-refractivity contribution in [1.29, 1.82) is 0 Å². The Morgan fingerprint density at radius 2 is 1.73 bits per heavy atom. The van der Waals surface area contributed by atoms with E-state index in [-0.39, 0.29) is 11.8 Å². The summed E-state index contributed by atoms with van der Waals surface area (Å²) >= 11 is 7.75. The Kier molecular flexibility index (Phi) is 10.2. The summed E-state index contributed by atoms with van der Waals surface area (Å²) < 4.78 is 0. The SMILES string of the molecule is CCCNC(=O)[C@@H](CC)N(Cc1ccccc1C)C(=O)CSCc1ccccc1Cl. The lowest BCUT2D eigenvalue weighted by Crippen LogP contribution is -2.49. The summed E-state index contributed by atoms with van der Waals surface area (Å²) in [5, 5.41) is 3.66. The van der Waals surface area contributed by atoms with Gasteiger partial charge in [-0.3, -0.25) is 9.59 Å². The van der Waals surface area contributed by atoms with Gasteiger partial charge < -0.3 is 10.2 Å². The van der Waals surface area contributed by atoms with Gasteiger partial charge in [0.1, 0.15) is 6.04 Å². The van der Waals surface area contributed by atoms with Gasteiger partial charge in [-0.25, -0.2) is 0 Å². The molecule has 0 aliphatic heterocycles. The first-order valence-electron chi connectivity index (χ1n) is 10.4. The van der Waals surface area contributed by atoms with E-state index in [1.165, 1.54) is 11.8 Å². The number of carbonyl (C=O) groups excluding carboxylic acids is 2. The molecule has 0 radical (unpaired) electrons. The maximum Gasteiger partial charge on any atom is 0.242 e. The summed E-state index contributed by atoms with van der Waals surface area (Å²) in [4.78, 5) is 27.7. The number of rotatable bonds is 11. The van der Waals surface area contributed by atoms with E-state index in [1.54, 1.807) is 4.90 Å². The number of thioether (sulfide) groups is 1. The third-order valence-corrected chi connectivity index (χ3v) is 6.31. The van der Waals surface area contributed by atoms with E-state index in [2.05, 4.69) is 5.32 Å². The Hall–Kier alpha value is -1.98. The maximum absolute atomic E-state index is 13.2. The molecule has 2 aromatic carbocycles. The normalized spacial score (nSPS) is 11.7. The first-order valence-corrected chi connectivity index (χ1v) is 11.9. The molecule has 0 spiro atoms. The third kappa shape index (κ3) is 7.06. The van der Waals surface area contributed by atoms with Gasteiger partial charge >= 0.3 is 0 Å². The van der Waals surface area contributed by atoms with E-state index in [9.17, 15) is 9.59 Å². The quantitative estimate of drug-likeness (QED) is 0.515. The van der Waals surface area contributed by atoms with Crippen molar-refractivity contribution < 1.29 is 9.59 Å². The second-order valence-electron chi connectivity index (χ2n) is 7.25. The van der Waals surface area contributed by atoms with Crippen molar-refractivity contribution in [2.24, 2.45) is 0 Å². The molecule has 0 aliphatic carbocycles. The van der Waals surface area contributed by atoms with Crippen LogP contribution in [-0.4, -0.2) is 35.1 Å². The molecule has 1 atom stereocenters. The van der Waals surface area contributed by atoms with Gasteiger partial charge in [0.2, 0.25) is 11.8 Å². The molecule has 162 valence electrons. The van der Waals surface area contributed by atoms with Crippen LogP contribution in [0.3, 0.4) is 0 Å². The van der Waals surface area contributed by atoms with Crippen LogP contribution >= 0.6 is 23.4 Å². The lowest BCUT2D eigenvalue weighted by molar-refractivity contribution is -0.139. The molecule has 0 fully saturated rings. The minimum Gasteiger partial charge on any atom is -0.354 e. The molecule has 4 nitrogen and oxygen atoms in total. The number of amides is 2. The molecular weight excluding hydrogens is 416 g/mol. The van der Waals surface area contributed by atoms with Crippen LogP contribution in [0.15, 0.2) is 48.5 Å². The van der Waals surface area contributed by atoms with Crippen molar-refractivity contribution in [3.05, 3.63) is 70.2 Å². The molecule has 1 N–H and O–H groups in total. The maximum atomic E-state index is 13.2. The summed E-state index contributed by atoms with van der Waals surface area (Å²) in [7, 11) is 0. The predicted octanol–water partition coefficient (Wildman–Crippen LogP) is 5.22. The fraction of sp³-hybridized carbons (Fsp3) is 0.417. The summed E-state index contributed by atoms with van der Waals surface area (Å²) in [6.07, 6.45) is 1.43. The molecule has 2 rings (SSSR count). The van der Waals surface area contributed by atoms with Crippen LogP contribution in [0.2, 0.25) is 5.02 Å². The van der Waals surface area contributed by atoms with Gasteiger partial charge in [-0.05, 0) is 42.5 Å². The zero-order valence-corrected chi connectivity index (χ0v) is 19.6. The van der Waals surface area contributed by atoms with Crippen LogP contribution in [0.25, 0.3) is 0 Å². The zero-order chi connectivity index (χ0) is 21.9. The van der Waals surface area contributed by atoms with E-state index < -0.39 is 6.04 Å². The van der Waals surface area contributed by atoms with Crippen LogP contribution in [-0.2, 0) is 21.9 Å². The lowest BCUT2D eigenvalue weighted by Gasteiger charge is -2.31. The van der Waals surface area contributed by atoms with Crippen molar-refractivity contribution in [3.63, 3.8) is 0 Å². The highest BCUT2D eigenvalue weighted by Crippen LogP contribution is 2.22. The van der Waals surface area contributed by atoms with Gasteiger partial charge in [-0.2, -0.15) is 0 Å². The molecule has 30 heavy (non-hydrogen) atoms. The van der Waals surface area contributed by atoms with Gasteiger partial charge in [0.05, 0.1) is 5.75 Å². The zero-order valence-electron chi connectivity index (χ0n) is 18.0. The Bertz CT molecular complexity index is 843. The van der Waals surface area contributed by atoms with Crippen molar-refractivity contribution in [1.82, 2.24) is 10.2 Å². The van der Waals surface area contributed by atoms with E-state index >= 15 is 0 Å². The molecule has 0 unspecified atom stereocenters. The Morgan fingerprint density at radius 1 is 1.07 bits per heavy atom. The second-order valence-corrected chi connectivity index (χ2v) is 8.64. The highest BCUT2D eigenvalue weighted by molar-refractivity contribution is 7.99. The molecule has 0 saturated carbocycles. The van der Waals surface area contributed by atoms with Gasteiger partial charge in [0.25, 0.3) is 0 Å². The molecule has 0 bridgehead atoms. The highest BCUT2D eigenvalue weighted by atomic mass is 35.5. The number of aryl methyl sites for hydroxylation is 1. The molecular formula is C24H31ClN2O2S. The largest absolute Gasteiger partial charge is 0.354 e. The molecule has 0 saturated heterocycles. The van der Waals surface area contributed by atoms with E-state index in [0.717, 1.165) is 23.1 Å². The lowest BCUT2D eigenvalue weighted by atomic mass is 10.1. The van der Waals surface area contributed by atoms with Crippen molar-refractivity contribution in [2.75, 3.05) is 12.3 Å². The summed E-state index contributed by atoms with van der Waals surface area (Å²) in [5.74, 6) is 0.836. The van der Waals surface area contributed by atoms with E-state index in [0.29, 0.717) is 36.0 Å². The number of halogens is 1. The number of nitrogens with one attached hydrogen (secondary N) is 1.